The van der Waals surface area contributed by atoms with Crippen molar-refractivity contribution in [3.8, 4) is 5.69 Å². The van der Waals surface area contributed by atoms with E-state index in [2.05, 4.69) is 55.3 Å². The first kappa shape index (κ1) is 14.9. The fourth-order valence-electron chi connectivity index (χ4n) is 1.79. The Morgan fingerprint density at radius 3 is 2.60 bits per heavy atom. The minimum absolute atomic E-state index is 0.306. The fourth-order valence-corrected chi connectivity index (χ4v) is 2.62. The summed E-state index contributed by atoms with van der Waals surface area (Å²) < 4.78 is 2.21. The Hall–Kier alpha value is -1.49. The van der Waals surface area contributed by atoms with Crippen molar-refractivity contribution in [3.05, 3.63) is 36.9 Å². The number of benzene rings is 1. The molecule has 0 saturated carbocycles. The van der Waals surface area contributed by atoms with Gasteiger partial charge in [0.05, 0.1) is 5.69 Å². The summed E-state index contributed by atoms with van der Waals surface area (Å²) in [7, 11) is 0. The van der Waals surface area contributed by atoms with Gasteiger partial charge in [-0.15, -0.1) is 10.2 Å². The highest BCUT2D eigenvalue weighted by Crippen LogP contribution is 2.24. The first-order valence-corrected chi connectivity index (χ1v) is 7.78. The fraction of sp³-hybridized carbons (Fsp3) is 0.467. The molecule has 0 aliphatic carbocycles. The number of rotatable bonds is 5. The average molecular weight is 290 g/mol. The van der Waals surface area contributed by atoms with E-state index in [1.165, 1.54) is 0 Å². The normalized spacial score (nSPS) is 13.2. The van der Waals surface area contributed by atoms with Gasteiger partial charge in [-0.05, 0) is 25.1 Å². The Kier molecular flexibility index (Phi) is 4.70. The van der Waals surface area contributed by atoms with Gasteiger partial charge in [-0.2, -0.15) is 11.8 Å². The molecule has 0 aliphatic rings. The van der Waals surface area contributed by atoms with Crippen LogP contribution in [-0.2, 0) is 0 Å². The maximum atomic E-state index is 3.83. The number of hydrogen-bond donors (Lipinski definition) is 1. The van der Waals surface area contributed by atoms with E-state index in [4.69, 9.17) is 0 Å². The average Bonchev–Trinajstić information content (AvgIpc) is 2.90. The number of nitrogens with one attached hydrogen (secondary N) is 1. The van der Waals surface area contributed by atoms with Crippen LogP contribution >= 0.6 is 11.8 Å². The first-order valence-electron chi connectivity index (χ1n) is 6.79. The Morgan fingerprint density at radius 1 is 1.25 bits per heavy atom. The van der Waals surface area contributed by atoms with Crippen LogP contribution in [0, 0.1) is 0 Å². The molecule has 20 heavy (non-hydrogen) atoms. The molecule has 4 nitrogen and oxygen atoms in total. The summed E-state index contributed by atoms with van der Waals surface area (Å²) in [6.45, 7) is 8.95. The summed E-state index contributed by atoms with van der Waals surface area (Å²) in [6.07, 6.45) is 3.41. The van der Waals surface area contributed by atoms with Crippen LogP contribution in [0.2, 0.25) is 0 Å². The van der Waals surface area contributed by atoms with Crippen molar-refractivity contribution in [2.24, 2.45) is 0 Å². The molecule has 1 atom stereocenters. The Bertz CT molecular complexity index is 531. The van der Waals surface area contributed by atoms with Gasteiger partial charge in [0.1, 0.15) is 12.7 Å². The van der Waals surface area contributed by atoms with Crippen molar-refractivity contribution in [1.82, 2.24) is 14.8 Å². The maximum Gasteiger partial charge on any atom is 0.123 e. The highest BCUT2D eigenvalue weighted by molar-refractivity contribution is 8.00. The van der Waals surface area contributed by atoms with Crippen LogP contribution in [0.25, 0.3) is 5.69 Å². The second-order valence-corrected chi connectivity index (χ2v) is 7.73. The predicted molar refractivity (Wildman–Crippen MR) is 86.7 cm³/mol. The molecule has 1 aromatic carbocycles. The van der Waals surface area contributed by atoms with Crippen LogP contribution < -0.4 is 5.32 Å². The third-order valence-corrected chi connectivity index (χ3v) is 4.28. The van der Waals surface area contributed by atoms with E-state index in [0.717, 1.165) is 17.1 Å². The van der Waals surface area contributed by atoms with Gasteiger partial charge in [0.2, 0.25) is 0 Å². The number of anilines is 1. The third kappa shape index (κ3) is 4.56. The molecule has 0 spiro atoms. The van der Waals surface area contributed by atoms with Gasteiger partial charge in [0.15, 0.2) is 0 Å². The highest BCUT2D eigenvalue weighted by Gasteiger charge is 2.13. The lowest BCUT2D eigenvalue weighted by Crippen LogP contribution is -2.21. The van der Waals surface area contributed by atoms with E-state index in [9.17, 15) is 0 Å². The van der Waals surface area contributed by atoms with Crippen molar-refractivity contribution >= 4 is 17.4 Å². The minimum atomic E-state index is 0.306. The second-order valence-electron chi connectivity index (χ2n) is 5.89. The van der Waals surface area contributed by atoms with Crippen molar-refractivity contribution in [3.63, 3.8) is 0 Å². The van der Waals surface area contributed by atoms with Crippen LogP contribution in [0.5, 0.6) is 0 Å². The summed E-state index contributed by atoms with van der Waals surface area (Å²) in [5, 5.41) is 11.2. The summed E-state index contributed by atoms with van der Waals surface area (Å²) in [6, 6.07) is 8.72. The maximum absolute atomic E-state index is 3.83. The zero-order valence-electron chi connectivity index (χ0n) is 12.5. The Balaban J connectivity index is 1.98. The molecule has 1 N–H and O–H groups in total. The number of aromatic nitrogens is 3. The lowest BCUT2D eigenvalue weighted by atomic mass is 10.2. The van der Waals surface area contributed by atoms with E-state index in [-0.39, 0.29) is 0 Å². The zero-order valence-corrected chi connectivity index (χ0v) is 13.3. The lowest BCUT2D eigenvalue weighted by Gasteiger charge is -2.22. The first-order chi connectivity index (χ1) is 9.44. The third-order valence-electron chi connectivity index (χ3n) is 2.74. The van der Waals surface area contributed by atoms with E-state index in [1.807, 2.05) is 28.5 Å². The van der Waals surface area contributed by atoms with Crippen LogP contribution in [0.1, 0.15) is 27.7 Å². The predicted octanol–water partition coefficient (Wildman–Crippen LogP) is 3.60. The van der Waals surface area contributed by atoms with Crippen LogP contribution in [0.4, 0.5) is 5.69 Å². The Labute approximate surface area is 125 Å². The van der Waals surface area contributed by atoms with Crippen LogP contribution in [0.3, 0.4) is 0 Å². The molecule has 0 aliphatic heterocycles. The van der Waals surface area contributed by atoms with Gasteiger partial charge in [-0.1, -0.05) is 26.8 Å². The number of hydrogen-bond acceptors (Lipinski definition) is 4. The highest BCUT2D eigenvalue weighted by atomic mass is 32.2. The second kappa shape index (κ2) is 6.31. The largest absolute Gasteiger partial charge is 0.382 e. The minimum Gasteiger partial charge on any atom is -0.382 e. The summed E-state index contributed by atoms with van der Waals surface area (Å²) in [5.41, 5.74) is 2.19. The molecule has 0 radical (unpaired) electrons. The van der Waals surface area contributed by atoms with E-state index >= 15 is 0 Å². The lowest BCUT2D eigenvalue weighted by molar-refractivity contribution is 0.794. The summed E-state index contributed by atoms with van der Waals surface area (Å²) >= 11 is 1.98. The smallest absolute Gasteiger partial charge is 0.123 e. The molecule has 0 saturated heterocycles. The molecule has 0 bridgehead atoms. The van der Waals surface area contributed by atoms with Gasteiger partial charge in [0, 0.05) is 22.2 Å². The van der Waals surface area contributed by atoms with Crippen molar-refractivity contribution in [1.29, 1.82) is 0 Å². The summed E-state index contributed by atoms with van der Waals surface area (Å²) in [5.74, 6) is 1.08. The molecule has 5 heteroatoms. The molecular weight excluding hydrogens is 268 g/mol. The number of nitrogens with zero attached hydrogens (tertiary/aromatic N) is 3. The molecule has 2 rings (SSSR count). The van der Waals surface area contributed by atoms with E-state index in [1.54, 1.807) is 12.7 Å². The van der Waals surface area contributed by atoms with Crippen LogP contribution in [-0.4, -0.2) is 31.3 Å². The van der Waals surface area contributed by atoms with E-state index < -0.39 is 0 Å². The molecule has 0 unspecified atom stereocenters. The van der Waals surface area contributed by atoms with E-state index in [0.29, 0.717) is 10.8 Å². The monoisotopic (exact) mass is 290 g/mol. The SMILES string of the molecule is C[C@@H](CSC(C)(C)C)Nc1cccc(-n2cnnc2)c1. The van der Waals surface area contributed by atoms with Crippen molar-refractivity contribution in [2.75, 3.05) is 11.1 Å². The molecule has 1 aromatic heterocycles. The molecule has 1 heterocycles. The van der Waals surface area contributed by atoms with Crippen molar-refractivity contribution < 1.29 is 0 Å². The standard InChI is InChI=1S/C15H22N4S/c1-12(9-20-15(2,3)4)18-13-6-5-7-14(8-13)19-10-16-17-11-19/h5-8,10-12,18H,9H2,1-4H3/t12-/m0/s1. The van der Waals surface area contributed by atoms with Gasteiger partial charge in [0.25, 0.3) is 0 Å². The molecule has 0 amide bonds. The van der Waals surface area contributed by atoms with Crippen molar-refractivity contribution in [2.45, 2.75) is 38.5 Å². The Morgan fingerprint density at radius 2 is 1.95 bits per heavy atom. The van der Waals surface area contributed by atoms with Gasteiger partial charge >= 0.3 is 0 Å². The zero-order chi connectivity index (χ0) is 14.6. The quantitative estimate of drug-likeness (QED) is 0.913. The topological polar surface area (TPSA) is 42.7 Å². The molecular formula is C15H22N4S. The molecule has 2 aromatic rings. The van der Waals surface area contributed by atoms with Gasteiger partial charge in [-0.25, -0.2) is 0 Å². The van der Waals surface area contributed by atoms with Gasteiger partial charge in [-0.3, -0.25) is 4.57 Å². The number of thioether (sulfide) groups is 1. The van der Waals surface area contributed by atoms with Crippen LogP contribution in [0.15, 0.2) is 36.9 Å². The summed E-state index contributed by atoms with van der Waals surface area (Å²) in [4.78, 5) is 0. The molecule has 108 valence electrons. The van der Waals surface area contributed by atoms with Gasteiger partial charge < -0.3 is 5.32 Å². The molecule has 0 fully saturated rings.